The van der Waals surface area contributed by atoms with Crippen molar-refractivity contribution < 1.29 is 36.1 Å². The minimum Gasteiger partial charge on any atom is -1.00 e. The van der Waals surface area contributed by atoms with E-state index in [1.165, 1.54) is 68.9 Å². The molecule has 2 aromatic rings. The number of hydrogen-bond donors (Lipinski definition) is 1. The van der Waals surface area contributed by atoms with E-state index in [4.69, 9.17) is 5.11 Å². The smallest absolute Gasteiger partial charge is 1.00 e. The first kappa shape index (κ1) is 25.4. The molecular formula is C24H37NaO. The van der Waals surface area contributed by atoms with E-state index in [9.17, 15) is 0 Å². The molecule has 0 aliphatic rings. The molecule has 0 aliphatic heterocycles. The summed E-state index contributed by atoms with van der Waals surface area (Å²) in [4.78, 5) is 0. The second kappa shape index (κ2) is 19.2. The van der Waals surface area contributed by atoms with Crippen LogP contribution in [0, 0.1) is 0 Å². The van der Waals surface area contributed by atoms with Crippen LogP contribution in [0.2, 0.25) is 0 Å². The Labute approximate surface area is 185 Å². The summed E-state index contributed by atoms with van der Waals surface area (Å²) in [7, 11) is 0. The van der Waals surface area contributed by atoms with Gasteiger partial charge in [0.15, 0.2) is 0 Å². The maximum Gasteiger partial charge on any atom is 1.00 e. The van der Waals surface area contributed by atoms with Gasteiger partial charge in [-0.15, -0.1) is 0 Å². The fraction of sp³-hybridized carbons (Fsp3) is 0.500. The van der Waals surface area contributed by atoms with Crippen molar-refractivity contribution in [3.63, 3.8) is 0 Å². The molecule has 26 heavy (non-hydrogen) atoms. The fourth-order valence-electron chi connectivity index (χ4n) is 2.86. The molecule has 1 nitrogen and oxygen atoms in total. The molecule has 0 amide bonds. The van der Waals surface area contributed by atoms with Crippen molar-refractivity contribution in [3.05, 3.63) is 60.7 Å². The zero-order valence-electron chi connectivity index (χ0n) is 18.0. The van der Waals surface area contributed by atoms with E-state index in [2.05, 4.69) is 55.5 Å². The second-order valence-electron chi connectivity index (χ2n) is 6.64. The summed E-state index contributed by atoms with van der Waals surface area (Å²) >= 11 is 0. The van der Waals surface area contributed by atoms with Gasteiger partial charge in [-0.1, -0.05) is 125 Å². The molecule has 0 atom stereocenters. The van der Waals surface area contributed by atoms with Crippen molar-refractivity contribution in [3.8, 4) is 11.1 Å². The summed E-state index contributed by atoms with van der Waals surface area (Å²) in [6.45, 7) is 2.63. The minimum atomic E-state index is 0. The first-order valence-electron chi connectivity index (χ1n) is 10.1. The van der Waals surface area contributed by atoms with E-state index in [1.807, 2.05) is 12.1 Å². The third-order valence-electron chi connectivity index (χ3n) is 4.39. The number of aliphatic hydroxyl groups excluding tert-OH is 1. The maximum absolute atomic E-state index is 8.57. The summed E-state index contributed by atoms with van der Waals surface area (Å²) in [5.41, 5.74) is 2.55. The van der Waals surface area contributed by atoms with Crippen molar-refractivity contribution >= 4 is 0 Å². The van der Waals surface area contributed by atoms with Gasteiger partial charge in [-0.3, -0.25) is 0 Å². The molecule has 0 heterocycles. The quantitative estimate of drug-likeness (QED) is 0.464. The van der Waals surface area contributed by atoms with Crippen molar-refractivity contribution in [2.45, 2.75) is 71.1 Å². The molecule has 2 aromatic carbocycles. The van der Waals surface area contributed by atoms with Crippen LogP contribution >= 0.6 is 0 Å². The van der Waals surface area contributed by atoms with Crippen LogP contribution in [0.15, 0.2) is 60.7 Å². The van der Waals surface area contributed by atoms with Crippen LogP contribution in [0.3, 0.4) is 0 Å². The predicted molar refractivity (Wildman–Crippen MR) is 112 cm³/mol. The number of hydrogen-bond acceptors (Lipinski definition) is 1. The zero-order chi connectivity index (χ0) is 18.0. The third-order valence-corrected chi connectivity index (χ3v) is 4.39. The minimum absolute atomic E-state index is 0. The van der Waals surface area contributed by atoms with Crippen LogP contribution in [0.4, 0.5) is 0 Å². The predicted octanol–water partition coefficient (Wildman–Crippen LogP) is 4.37. The standard InChI is InChI=1S/C12H26O.C12H10.Na.H/c1-2-3-4-5-6-7-8-9-10-11-12-13;1-3-7-11(8-4-1)12-9-5-2-6-10-12;;/h13H,2-12H2,1H3;1-10H;;/q;;+1;-1. The molecule has 0 unspecified atom stereocenters. The van der Waals surface area contributed by atoms with E-state index in [0.717, 1.165) is 6.42 Å². The van der Waals surface area contributed by atoms with Crippen LogP contribution in [0.5, 0.6) is 0 Å². The normalized spacial score (nSPS) is 9.77. The molecule has 140 valence electrons. The van der Waals surface area contributed by atoms with Gasteiger partial charge in [-0.25, -0.2) is 0 Å². The van der Waals surface area contributed by atoms with Crippen LogP contribution in [0.1, 0.15) is 72.6 Å². The summed E-state index contributed by atoms with van der Waals surface area (Å²) < 4.78 is 0. The van der Waals surface area contributed by atoms with Crippen LogP contribution in [-0.4, -0.2) is 11.7 Å². The Morgan fingerprint density at radius 2 is 0.923 bits per heavy atom. The molecule has 0 radical (unpaired) electrons. The SMILES string of the molecule is CCCCCCCCCCCCO.[H-].[Na+].c1ccc(-c2ccccc2)cc1. The van der Waals surface area contributed by atoms with Gasteiger partial charge in [0.2, 0.25) is 0 Å². The zero-order valence-corrected chi connectivity index (χ0v) is 19.0. The first-order valence-corrected chi connectivity index (χ1v) is 10.1. The number of benzene rings is 2. The molecule has 2 rings (SSSR count). The van der Waals surface area contributed by atoms with Crippen molar-refractivity contribution in [1.82, 2.24) is 0 Å². The van der Waals surface area contributed by atoms with E-state index >= 15 is 0 Å². The number of unbranched alkanes of at least 4 members (excludes halogenated alkanes) is 9. The average molecular weight is 365 g/mol. The summed E-state index contributed by atoms with van der Waals surface area (Å²) in [5.74, 6) is 0. The average Bonchev–Trinajstić information content (AvgIpc) is 2.69. The number of rotatable bonds is 11. The molecule has 0 fully saturated rings. The van der Waals surface area contributed by atoms with Crippen LogP contribution < -0.4 is 29.6 Å². The van der Waals surface area contributed by atoms with Gasteiger partial charge in [0.25, 0.3) is 0 Å². The van der Waals surface area contributed by atoms with E-state index in [-0.39, 0.29) is 31.0 Å². The maximum atomic E-state index is 8.57. The van der Waals surface area contributed by atoms with E-state index in [0.29, 0.717) is 6.61 Å². The monoisotopic (exact) mass is 364 g/mol. The molecule has 0 spiro atoms. The van der Waals surface area contributed by atoms with Gasteiger partial charge >= 0.3 is 29.6 Å². The Bertz CT molecular complexity index is 457. The molecular weight excluding hydrogens is 327 g/mol. The van der Waals surface area contributed by atoms with Gasteiger partial charge in [-0.2, -0.15) is 0 Å². The van der Waals surface area contributed by atoms with Gasteiger partial charge in [0.05, 0.1) is 0 Å². The van der Waals surface area contributed by atoms with Crippen LogP contribution in [0.25, 0.3) is 11.1 Å². The van der Waals surface area contributed by atoms with Gasteiger partial charge < -0.3 is 6.53 Å². The van der Waals surface area contributed by atoms with Crippen molar-refractivity contribution in [2.75, 3.05) is 6.61 Å². The molecule has 1 N–H and O–H groups in total. The molecule has 0 aliphatic carbocycles. The Morgan fingerprint density at radius 1 is 0.577 bits per heavy atom. The van der Waals surface area contributed by atoms with Gasteiger partial charge in [-0.05, 0) is 17.5 Å². The first-order chi connectivity index (χ1) is 12.4. The third kappa shape index (κ3) is 13.6. The molecule has 0 aromatic heterocycles. The van der Waals surface area contributed by atoms with E-state index < -0.39 is 0 Å². The Balaban J connectivity index is 0. The molecule has 2 heteroatoms. The Hall–Kier alpha value is -0.600. The van der Waals surface area contributed by atoms with Crippen LogP contribution in [-0.2, 0) is 0 Å². The van der Waals surface area contributed by atoms with Crippen molar-refractivity contribution in [1.29, 1.82) is 0 Å². The summed E-state index contributed by atoms with van der Waals surface area (Å²) in [6.07, 6.45) is 13.3. The molecule has 0 saturated heterocycles. The Morgan fingerprint density at radius 3 is 1.27 bits per heavy atom. The second-order valence-corrected chi connectivity index (χ2v) is 6.64. The largest absolute Gasteiger partial charge is 1.00 e. The fourth-order valence-corrected chi connectivity index (χ4v) is 2.86. The number of aliphatic hydroxyl groups is 1. The Kier molecular flexibility index (Phi) is 18.7. The van der Waals surface area contributed by atoms with E-state index in [1.54, 1.807) is 0 Å². The van der Waals surface area contributed by atoms with Gasteiger partial charge in [0, 0.05) is 6.61 Å². The van der Waals surface area contributed by atoms with Gasteiger partial charge in [0.1, 0.15) is 0 Å². The summed E-state index contributed by atoms with van der Waals surface area (Å²) in [6, 6.07) is 20.8. The molecule has 0 saturated carbocycles. The summed E-state index contributed by atoms with van der Waals surface area (Å²) in [5, 5.41) is 8.57. The van der Waals surface area contributed by atoms with Crippen molar-refractivity contribution in [2.24, 2.45) is 0 Å². The topological polar surface area (TPSA) is 20.2 Å². The molecule has 0 bridgehead atoms.